The Morgan fingerprint density at radius 1 is 1.21 bits per heavy atom. The molecule has 0 aliphatic carbocycles. The zero-order valence-corrected chi connectivity index (χ0v) is 9.84. The molecule has 0 amide bonds. The summed E-state index contributed by atoms with van der Waals surface area (Å²) in [6, 6.07) is 4.51. The normalized spacial score (nSPS) is 10.5. The summed E-state index contributed by atoms with van der Waals surface area (Å²) < 4.78 is 19.1. The van der Waals surface area contributed by atoms with E-state index < -0.39 is 5.82 Å². The van der Waals surface area contributed by atoms with Crippen molar-refractivity contribution in [3.63, 3.8) is 0 Å². The Bertz CT molecular complexity index is 472. The molecule has 0 aliphatic heterocycles. The van der Waals surface area contributed by atoms with Crippen LogP contribution >= 0.6 is 31.9 Å². The van der Waals surface area contributed by atoms with Crippen LogP contribution in [-0.4, -0.2) is 10.2 Å². The van der Waals surface area contributed by atoms with Gasteiger partial charge in [-0.05, 0) is 18.2 Å². The third-order valence-electron chi connectivity index (χ3n) is 1.56. The maximum absolute atomic E-state index is 13.3. The SMILES string of the molecule is Fc1ccc(Br)cc1-c1nnc(Br)o1. The van der Waals surface area contributed by atoms with E-state index in [0.29, 0.717) is 0 Å². The van der Waals surface area contributed by atoms with E-state index in [1.54, 1.807) is 12.1 Å². The molecule has 0 atom stereocenters. The quantitative estimate of drug-likeness (QED) is 0.808. The standard InChI is InChI=1S/C8H3Br2FN2O/c9-4-1-2-6(11)5(3-4)7-12-13-8(10)14-7/h1-3H. The summed E-state index contributed by atoms with van der Waals surface area (Å²) in [5.41, 5.74) is 0.276. The number of hydrogen-bond acceptors (Lipinski definition) is 3. The second-order valence-electron chi connectivity index (χ2n) is 2.48. The Morgan fingerprint density at radius 3 is 2.64 bits per heavy atom. The molecule has 0 fully saturated rings. The zero-order valence-electron chi connectivity index (χ0n) is 6.67. The maximum Gasteiger partial charge on any atom is 0.285 e. The van der Waals surface area contributed by atoms with Gasteiger partial charge in [0.15, 0.2) is 0 Å². The molecular weight excluding hydrogens is 319 g/mol. The molecule has 0 aliphatic rings. The fourth-order valence-electron chi connectivity index (χ4n) is 0.976. The first kappa shape index (κ1) is 9.79. The summed E-state index contributed by atoms with van der Waals surface area (Å²) in [7, 11) is 0. The number of nitrogens with zero attached hydrogens (tertiary/aromatic N) is 2. The van der Waals surface area contributed by atoms with Crippen molar-refractivity contribution in [1.82, 2.24) is 10.2 Å². The molecule has 0 unspecified atom stereocenters. The van der Waals surface area contributed by atoms with Gasteiger partial charge in [-0.3, -0.25) is 0 Å². The molecule has 1 heterocycles. The highest BCUT2D eigenvalue weighted by Gasteiger charge is 2.11. The van der Waals surface area contributed by atoms with Crippen LogP contribution in [0.1, 0.15) is 0 Å². The summed E-state index contributed by atoms with van der Waals surface area (Å²) >= 11 is 6.23. The van der Waals surface area contributed by atoms with E-state index >= 15 is 0 Å². The first-order valence-corrected chi connectivity index (χ1v) is 5.20. The first-order valence-electron chi connectivity index (χ1n) is 3.61. The third kappa shape index (κ3) is 1.85. The minimum atomic E-state index is -0.399. The highest BCUT2D eigenvalue weighted by molar-refractivity contribution is 9.10. The topological polar surface area (TPSA) is 38.9 Å². The van der Waals surface area contributed by atoms with E-state index in [4.69, 9.17) is 4.42 Å². The summed E-state index contributed by atoms with van der Waals surface area (Å²) in [5.74, 6) is -0.250. The van der Waals surface area contributed by atoms with E-state index in [9.17, 15) is 4.39 Å². The van der Waals surface area contributed by atoms with Crippen LogP contribution in [0.3, 0.4) is 0 Å². The van der Waals surface area contributed by atoms with Gasteiger partial charge in [0.05, 0.1) is 5.56 Å². The van der Waals surface area contributed by atoms with Gasteiger partial charge in [0, 0.05) is 20.4 Å². The zero-order chi connectivity index (χ0) is 10.1. The lowest BCUT2D eigenvalue weighted by Crippen LogP contribution is -1.84. The van der Waals surface area contributed by atoms with Gasteiger partial charge in [0.1, 0.15) is 5.82 Å². The van der Waals surface area contributed by atoms with Crippen LogP contribution in [0, 0.1) is 5.82 Å². The van der Waals surface area contributed by atoms with E-state index in [0.717, 1.165) is 4.47 Å². The average Bonchev–Trinajstić information content (AvgIpc) is 2.56. The van der Waals surface area contributed by atoms with Crippen LogP contribution in [0.25, 0.3) is 11.5 Å². The molecule has 14 heavy (non-hydrogen) atoms. The smallest absolute Gasteiger partial charge is 0.285 e. The monoisotopic (exact) mass is 320 g/mol. The second kappa shape index (κ2) is 3.78. The molecule has 0 bridgehead atoms. The molecule has 72 valence electrons. The van der Waals surface area contributed by atoms with Crippen molar-refractivity contribution in [3.8, 4) is 11.5 Å². The summed E-state index contributed by atoms with van der Waals surface area (Å²) in [6.45, 7) is 0. The number of benzene rings is 1. The Labute approximate surface area is 95.6 Å². The van der Waals surface area contributed by atoms with Gasteiger partial charge in [0.2, 0.25) is 0 Å². The molecule has 1 aromatic heterocycles. The number of halogens is 3. The predicted octanol–water partition coefficient (Wildman–Crippen LogP) is 3.40. The second-order valence-corrected chi connectivity index (χ2v) is 4.08. The van der Waals surface area contributed by atoms with Crippen molar-refractivity contribution < 1.29 is 8.81 Å². The van der Waals surface area contributed by atoms with E-state index in [1.807, 2.05) is 0 Å². The molecule has 2 aromatic rings. The van der Waals surface area contributed by atoms with Gasteiger partial charge in [-0.15, -0.1) is 10.2 Å². The van der Waals surface area contributed by atoms with Gasteiger partial charge < -0.3 is 4.42 Å². The van der Waals surface area contributed by atoms with Crippen LogP contribution in [0.5, 0.6) is 0 Å². The lowest BCUT2D eigenvalue weighted by atomic mass is 10.2. The highest BCUT2D eigenvalue weighted by atomic mass is 79.9. The summed E-state index contributed by atoms with van der Waals surface area (Å²) in [6.07, 6.45) is 0. The predicted molar refractivity (Wildman–Crippen MR) is 55.1 cm³/mol. The Hall–Kier alpha value is -0.750. The van der Waals surface area contributed by atoms with Gasteiger partial charge in [-0.25, -0.2) is 4.39 Å². The lowest BCUT2D eigenvalue weighted by Gasteiger charge is -1.97. The molecule has 1 aromatic carbocycles. The first-order chi connectivity index (χ1) is 6.66. The summed E-state index contributed by atoms with van der Waals surface area (Å²) in [5, 5.41) is 7.25. The number of hydrogen-bond donors (Lipinski definition) is 0. The Balaban J connectivity index is 2.55. The minimum absolute atomic E-state index is 0.149. The molecule has 6 heteroatoms. The van der Waals surface area contributed by atoms with Crippen LogP contribution in [0.15, 0.2) is 31.9 Å². The third-order valence-corrected chi connectivity index (χ3v) is 2.37. The summed E-state index contributed by atoms with van der Waals surface area (Å²) in [4.78, 5) is 0.229. The molecule has 3 nitrogen and oxygen atoms in total. The van der Waals surface area contributed by atoms with Crippen molar-refractivity contribution in [1.29, 1.82) is 0 Å². The van der Waals surface area contributed by atoms with Crippen LogP contribution in [0.4, 0.5) is 4.39 Å². The lowest BCUT2D eigenvalue weighted by molar-refractivity contribution is 0.533. The molecule has 2 rings (SSSR count). The van der Waals surface area contributed by atoms with Gasteiger partial charge >= 0.3 is 0 Å². The number of rotatable bonds is 1. The van der Waals surface area contributed by atoms with Gasteiger partial charge in [-0.2, -0.15) is 0 Å². The van der Waals surface area contributed by atoms with Crippen molar-refractivity contribution in [2.45, 2.75) is 0 Å². The molecule has 0 radical (unpaired) electrons. The highest BCUT2D eigenvalue weighted by Crippen LogP contribution is 2.26. The largest absolute Gasteiger partial charge is 0.411 e. The molecule has 0 saturated heterocycles. The van der Waals surface area contributed by atoms with E-state index in [-0.39, 0.29) is 16.3 Å². The van der Waals surface area contributed by atoms with Crippen molar-refractivity contribution in [2.24, 2.45) is 0 Å². The molecular formula is C8H3Br2FN2O. The average molecular weight is 322 g/mol. The van der Waals surface area contributed by atoms with Crippen molar-refractivity contribution in [3.05, 3.63) is 33.3 Å². The molecule has 0 N–H and O–H groups in total. The van der Waals surface area contributed by atoms with Gasteiger partial charge in [0.25, 0.3) is 10.7 Å². The van der Waals surface area contributed by atoms with Crippen LogP contribution in [0.2, 0.25) is 0 Å². The van der Waals surface area contributed by atoms with E-state index in [2.05, 4.69) is 42.1 Å². The Kier molecular flexibility index (Phi) is 2.64. The van der Waals surface area contributed by atoms with Crippen LogP contribution < -0.4 is 0 Å². The van der Waals surface area contributed by atoms with Crippen LogP contribution in [-0.2, 0) is 0 Å². The van der Waals surface area contributed by atoms with Gasteiger partial charge in [-0.1, -0.05) is 15.9 Å². The van der Waals surface area contributed by atoms with Crippen molar-refractivity contribution >= 4 is 31.9 Å². The molecule has 0 saturated carbocycles. The fraction of sp³-hybridized carbons (Fsp3) is 0. The number of aromatic nitrogens is 2. The van der Waals surface area contributed by atoms with E-state index in [1.165, 1.54) is 6.07 Å². The maximum atomic E-state index is 13.3. The van der Waals surface area contributed by atoms with Crippen molar-refractivity contribution in [2.75, 3.05) is 0 Å². The minimum Gasteiger partial charge on any atom is -0.411 e. The Morgan fingerprint density at radius 2 is 2.00 bits per heavy atom. The fourth-order valence-corrected chi connectivity index (χ4v) is 1.57. The molecule has 0 spiro atoms.